The molecule has 1 amide bonds. The topological polar surface area (TPSA) is 78.5 Å². The second kappa shape index (κ2) is 7.39. The highest BCUT2D eigenvalue weighted by atomic mass is 32.2. The summed E-state index contributed by atoms with van der Waals surface area (Å²) in [6.45, 7) is 2.98. The highest BCUT2D eigenvalue weighted by Crippen LogP contribution is 2.50. The van der Waals surface area contributed by atoms with Crippen LogP contribution in [0.1, 0.15) is 48.4 Å². The van der Waals surface area contributed by atoms with Gasteiger partial charge in [0, 0.05) is 6.54 Å². The van der Waals surface area contributed by atoms with Crippen molar-refractivity contribution < 1.29 is 13.2 Å². The number of amides is 1. The average Bonchev–Trinajstić information content (AvgIpc) is 3.26. The van der Waals surface area contributed by atoms with Crippen LogP contribution in [-0.4, -0.2) is 38.9 Å². The number of carbonyl (C=O) groups is 1. The highest BCUT2D eigenvalue weighted by Gasteiger charge is 2.52. The number of rotatable bonds is 6. The van der Waals surface area contributed by atoms with Gasteiger partial charge in [-0.05, 0) is 61.5 Å². The van der Waals surface area contributed by atoms with E-state index in [1.54, 1.807) is 6.07 Å². The Balaban J connectivity index is 1.38. The zero-order valence-electron chi connectivity index (χ0n) is 16.9. The fourth-order valence-electron chi connectivity index (χ4n) is 4.73. The lowest BCUT2D eigenvalue weighted by Crippen LogP contribution is -2.41. The first kappa shape index (κ1) is 19.6. The fraction of sp³-hybridized carbons (Fsp3) is 0.435. The summed E-state index contributed by atoms with van der Waals surface area (Å²) in [6.07, 6.45) is 4.02. The van der Waals surface area contributed by atoms with Gasteiger partial charge in [0.1, 0.15) is 0 Å². The van der Waals surface area contributed by atoms with Crippen molar-refractivity contribution in [3.05, 3.63) is 65.2 Å². The van der Waals surface area contributed by atoms with E-state index in [4.69, 9.17) is 0 Å². The van der Waals surface area contributed by atoms with Gasteiger partial charge in [-0.1, -0.05) is 42.5 Å². The molecule has 2 N–H and O–H groups in total. The molecule has 158 valence electrons. The van der Waals surface area contributed by atoms with Crippen LogP contribution in [0.4, 0.5) is 5.69 Å². The Morgan fingerprint density at radius 2 is 1.83 bits per heavy atom. The molecular weight excluding hydrogens is 398 g/mol. The van der Waals surface area contributed by atoms with Gasteiger partial charge in [0.2, 0.25) is 15.9 Å². The maximum Gasteiger partial charge on any atom is 0.237 e. The van der Waals surface area contributed by atoms with Gasteiger partial charge < -0.3 is 10.2 Å². The third-order valence-corrected chi connectivity index (χ3v) is 7.82. The summed E-state index contributed by atoms with van der Waals surface area (Å²) in [5, 5.41) is 3.33. The lowest BCUT2D eigenvalue weighted by atomic mass is 9.92. The minimum Gasteiger partial charge on any atom is -0.347 e. The van der Waals surface area contributed by atoms with Crippen LogP contribution in [-0.2, 0) is 26.0 Å². The number of sulfonamides is 1. The minimum absolute atomic E-state index is 0.0184. The van der Waals surface area contributed by atoms with Crippen molar-refractivity contribution in [2.45, 2.75) is 42.9 Å². The van der Waals surface area contributed by atoms with E-state index in [0.717, 1.165) is 49.2 Å². The maximum atomic E-state index is 13.4. The Kier molecular flexibility index (Phi) is 4.82. The van der Waals surface area contributed by atoms with Crippen LogP contribution in [0.15, 0.2) is 48.5 Å². The Bertz CT molecular complexity index is 1060. The van der Waals surface area contributed by atoms with Crippen molar-refractivity contribution in [3.8, 4) is 0 Å². The average molecular weight is 426 g/mol. The van der Waals surface area contributed by atoms with Crippen molar-refractivity contribution in [1.29, 1.82) is 0 Å². The predicted molar refractivity (Wildman–Crippen MR) is 117 cm³/mol. The molecule has 2 aromatic carbocycles. The quantitative estimate of drug-likeness (QED) is 0.746. The molecule has 2 fully saturated rings. The summed E-state index contributed by atoms with van der Waals surface area (Å²) in [7, 11) is -3.29. The van der Waals surface area contributed by atoms with Gasteiger partial charge in [0.15, 0.2) is 0 Å². The van der Waals surface area contributed by atoms with Crippen LogP contribution in [0, 0.1) is 0 Å². The Morgan fingerprint density at radius 1 is 1.10 bits per heavy atom. The molecule has 0 spiro atoms. The van der Waals surface area contributed by atoms with Crippen LogP contribution >= 0.6 is 0 Å². The predicted octanol–water partition coefficient (Wildman–Crippen LogP) is 2.93. The van der Waals surface area contributed by atoms with Crippen molar-refractivity contribution in [1.82, 2.24) is 10.2 Å². The second-order valence-electron chi connectivity index (χ2n) is 8.76. The zero-order chi connectivity index (χ0) is 20.8. The number of likely N-dealkylation sites (tertiary alicyclic amines) is 1. The van der Waals surface area contributed by atoms with Gasteiger partial charge in [-0.15, -0.1) is 0 Å². The summed E-state index contributed by atoms with van der Waals surface area (Å²) in [4.78, 5) is 15.9. The van der Waals surface area contributed by atoms with Gasteiger partial charge in [0.25, 0.3) is 0 Å². The number of nitrogens with one attached hydrogen (secondary N) is 2. The molecule has 1 aliphatic carbocycles. The standard InChI is InChI=1S/C23H27N3O3S/c27-22(24-21(15-26-12-4-5-13-26)17-6-2-1-3-7-17)23(10-11-23)19-8-9-20-18(14-19)16-30(28,29)25-20/h1-3,6-9,14,21,25H,4-5,10-13,15-16H2,(H,24,27)/t21-/m1/s1. The summed E-state index contributed by atoms with van der Waals surface area (Å²) in [5.41, 5.74) is 2.89. The van der Waals surface area contributed by atoms with Crippen LogP contribution in [0.5, 0.6) is 0 Å². The molecule has 0 aromatic heterocycles. The second-order valence-corrected chi connectivity index (χ2v) is 10.5. The fourth-order valence-corrected chi connectivity index (χ4v) is 5.98. The van der Waals surface area contributed by atoms with E-state index in [1.807, 2.05) is 30.3 Å². The van der Waals surface area contributed by atoms with Gasteiger partial charge in [0.05, 0.1) is 22.9 Å². The first-order valence-corrected chi connectivity index (χ1v) is 12.3. The normalized spacial score (nSPS) is 22.1. The monoisotopic (exact) mass is 425 g/mol. The lowest BCUT2D eigenvalue weighted by Gasteiger charge is -2.27. The van der Waals surface area contributed by atoms with Crippen molar-refractivity contribution >= 4 is 21.6 Å². The third kappa shape index (κ3) is 3.72. The summed E-state index contributed by atoms with van der Waals surface area (Å²) < 4.78 is 26.3. The van der Waals surface area contributed by atoms with Crippen molar-refractivity contribution in [2.75, 3.05) is 24.4 Å². The molecule has 30 heavy (non-hydrogen) atoms. The van der Waals surface area contributed by atoms with E-state index in [1.165, 1.54) is 12.8 Å². The molecule has 0 radical (unpaired) electrons. The third-order valence-electron chi connectivity index (χ3n) is 6.60. The van der Waals surface area contributed by atoms with Crippen molar-refractivity contribution in [2.24, 2.45) is 0 Å². The smallest absolute Gasteiger partial charge is 0.237 e. The van der Waals surface area contributed by atoms with E-state index in [2.05, 4.69) is 27.1 Å². The van der Waals surface area contributed by atoms with Gasteiger partial charge in [-0.25, -0.2) is 8.42 Å². The molecule has 2 heterocycles. The van der Waals surface area contributed by atoms with Gasteiger partial charge >= 0.3 is 0 Å². The molecule has 0 bridgehead atoms. The van der Waals surface area contributed by atoms with E-state index in [-0.39, 0.29) is 17.7 Å². The summed E-state index contributed by atoms with van der Waals surface area (Å²) >= 11 is 0. The van der Waals surface area contributed by atoms with E-state index < -0.39 is 15.4 Å². The number of fused-ring (bicyclic) bond motifs is 1. The van der Waals surface area contributed by atoms with Gasteiger partial charge in [-0.2, -0.15) is 0 Å². The SMILES string of the molecule is O=C(N[C@H](CN1CCCC1)c1ccccc1)C1(c2ccc3c(c2)CS(=O)(=O)N3)CC1. The number of carbonyl (C=O) groups excluding carboxylic acids is 1. The molecule has 2 aromatic rings. The molecule has 7 heteroatoms. The maximum absolute atomic E-state index is 13.4. The Hall–Kier alpha value is -2.38. The molecule has 3 aliphatic rings. The van der Waals surface area contributed by atoms with Crippen LogP contribution < -0.4 is 10.0 Å². The minimum atomic E-state index is -3.29. The first-order valence-electron chi connectivity index (χ1n) is 10.7. The molecule has 1 atom stereocenters. The number of nitrogens with zero attached hydrogens (tertiary/aromatic N) is 1. The number of anilines is 1. The molecule has 2 aliphatic heterocycles. The highest BCUT2D eigenvalue weighted by molar-refractivity contribution is 7.92. The molecule has 1 saturated carbocycles. The summed E-state index contributed by atoms with van der Waals surface area (Å²) in [6, 6.07) is 15.7. The molecule has 0 unspecified atom stereocenters. The number of benzene rings is 2. The van der Waals surface area contributed by atoms with Crippen LogP contribution in [0.3, 0.4) is 0 Å². The van der Waals surface area contributed by atoms with Crippen molar-refractivity contribution in [3.63, 3.8) is 0 Å². The molecule has 6 nitrogen and oxygen atoms in total. The zero-order valence-corrected chi connectivity index (χ0v) is 17.7. The number of hydrogen-bond acceptors (Lipinski definition) is 4. The Labute approximate surface area is 177 Å². The largest absolute Gasteiger partial charge is 0.347 e. The molecule has 5 rings (SSSR count). The lowest BCUT2D eigenvalue weighted by molar-refractivity contribution is -0.124. The van der Waals surface area contributed by atoms with Crippen LogP contribution in [0.2, 0.25) is 0 Å². The molecule has 1 saturated heterocycles. The van der Waals surface area contributed by atoms with Crippen LogP contribution in [0.25, 0.3) is 0 Å². The first-order chi connectivity index (χ1) is 14.5. The van der Waals surface area contributed by atoms with Gasteiger partial charge in [-0.3, -0.25) is 9.52 Å². The number of hydrogen-bond donors (Lipinski definition) is 2. The van der Waals surface area contributed by atoms with E-state index in [0.29, 0.717) is 5.69 Å². The van der Waals surface area contributed by atoms with E-state index >= 15 is 0 Å². The Morgan fingerprint density at radius 3 is 2.53 bits per heavy atom. The molecular formula is C23H27N3O3S. The van der Waals surface area contributed by atoms with E-state index in [9.17, 15) is 13.2 Å². The summed E-state index contributed by atoms with van der Waals surface area (Å²) in [5.74, 6) is 0.0273.